The third kappa shape index (κ3) is 2.35. The van der Waals surface area contributed by atoms with E-state index >= 15 is 0 Å². The largest absolute Gasteiger partial charge is 0.478 e. The molecule has 1 N–H and O–H groups in total. The van der Waals surface area contributed by atoms with Crippen LogP contribution in [-0.4, -0.2) is 23.2 Å². The maximum Gasteiger partial charge on any atom is 0.335 e. The number of anilines is 1. The smallest absolute Gasteiger partial charge is 0.335 e. The van der Waals surface area contributed by atoms with Crippen molar-refractivity contribution in [3.05, 3.63) is 29.3 Å². The Morgan fingerprint density at radius 3 is 2.39 bits per heavy atom. The molecule has 0 bridgehead atoms. The Bertz CT molecular complexity index is 446. The first-order valence-electron chi connectivity index (χ1n) is 6.63. The van der Waals surface area contributed by atoms with Crippen molar-refractivity contribution in [2.45, 2.75) is 52.1 Å². The van der Waals surface area contributed by atoms with Gasteiger partial charge >= 0.3 is 5.97 Å². The lowest BCUT2D eigenvalue weighted by atomic mass is 9.96. The number of carbonyl (C=O) groups is 1. The molecule has 1 saturated heterocycles. The van der Waals surface area contributed by atoms with E-state index in [2.05, 4.69) is 18.7 Å². The first-order chi connectivity index (χ1) is 8.50. The second-order valence-electron chi connectivity index (χ2n) is 5.34. The fraction of sp³-hybridized carbons (Fsp3) is 0.533. The molecule has 0 aliphatic carbocycles. The standard InChI is InChI=1S/C15H21NO2/c1-10-9-13(7-8-14(10)15(17)18)16-11(2)5-4-6-12(16)3/h7-9,11-12H,4-6H2,1-3H3,(H,17,18)/t11-,12+. The summed E-state index contributed by atoms with van der Waals surface area (Å²) in [4.78, 5) is 13.4. The molecule has 3 heteroatoms. The molecule has 18 heavy (non-hydrogen) atoms. The van der Waals surface area contributed by atoms with Crippen LogP contribution < -0.4 is 4.90 Å². The van der Waals surface area contributed by atoms with E-state index in [4.69, 9.17) is 5.11 Å². The van der Waals surface area contributed by atoms with Gasteiger partial charge in [-0.3, -0.25) is 0 Å². The number of piperidine rings is 1. The summed E-state index contributed by atoms with van der Waals surface area (Å²) < 4.78 is 0. The van der Waals surface area contributed by atoms with Crippen LogP contribution >= 0.6 is 0 Å². The zero-order chi connectivity index (χ0) is 13.3. The van der Waals surface area contributed by atoms with Crippen LogP contribution in [0.5, 0.6) is 0 Å². The van der Waals surface area contributed by atoms with E-state index in [9.17, 15) is 4.79 Å². The molecular weight excluding hydrogens is 226 g/mol. The van der Waals surface area contributed by atoms with Gasteiger partial charge in [0.2, 0.25) is 0 Å². The molecule has 2 atom stereocenters. The van der Waals surface area contributed by atoms with E-state index in [1.54, 1.807) is 6.07 Å². The number of carboxylic acids is 1. The highest BCUT2D eigenvalue weighted by molar-refractivity contribution is 5.89. The molecule has 0 amide bonds. The average Bonchev–Trinajstić information content (AvgIpc) is 2.28. The normalized spacial score (nSPS) is 24.1. The van der Waals surface area contributed by atoms with E-state index < -0.39 is 5.97 Å². The van der Waals surface area contributed by atoms with Crippen LogP contribution in [0.15, 0.2) is 18.2 Å². The molecule has 0 aromatic heterocycles. The van der Waals surface area contributed by atoms with Gasteiger partial charge in [0.25, 0.3) is 0 Å². The quantitative estimate of drug-likeness (QED) is 0.870. The Balaban J connectivity index is 2.33. The molecule has 3 nitrogen and oxygen atoms in total. The highest BCUT2D eigenvalue weighted by atomic mass is 16.4. The van der Waals surface area contributed by atoms with Crippen molar-refractivity contribution in [1.29, 1.82) is 0 Å². The zero-order valence-electron chi connectivity index (χ0n) is 11.3. The summed E-state index contributed by atoms with van der Waals surface area (Å²) in [5.41, 5.74) is 2.39. The minimum atomic E-state index is -0.848. The third-order valence-electron chi connectivity index (χ3n) is 3.93. The van der Waals surface area contributed by atoms with Gasteiger partial charge in [-0.2, -0.15) is 0 Å². The number of aryl methyl sites for hydroxylation is 1. The molecule has 0 spiro atoms. The number of rotatable bonds is 2. The van der Waals surface area contributed by atoms with Gasteiger partial charge in [-0.1, -0.05) is 0 Å². The van der Waals surface area contributed by atoms with Crippen LogP contribution in [0.4, 0.5) is 5.69 Å². The van der Waals surface area contributed by atoms with Crippen molar-refractivity contribution < 1.29 is 9.90 Å². The fourth-order valence-corrected chi connectivity index (χ4v) is 2.98. The highest BCUT2D eigenvalue weighted by Crippen LogP contribution is 2.30. The fourth-order valence-electron chi connectivity index (χ4n) is 2.98. The Hall–Kier alpha value is -1.51. The summed E-state index contributed by atoms with van der Waals surface area (Å²) >= 11 is 0. The summed E-state index contributed by atoms with van der Waals surface area (Å²) in [5, 5.41) is 9.06. The zero-order valence-corrected chi connectivity index (χ0v) is 11.3. The number of hydrogen-bond acceptors (Lipinski definition) is 2. The maximum atomic E-state index is 11.0. The number of benzene rings is 1. The number of aromatic carboxylic acids is 1. The minimum absolute atomic E-state index is 0.399. The minimum Gasteiger partial charge on any atom is -0.478 e. The molecule has 1 aromatic carbocycles. The van der Waals surface area contributed by atoms with Gasteiger partial charge in [-0.25, -0.2) is 4.79 Å². The molecule has 98 valence electrons. The highest BCUT2D eigenvalue weighted by Gasteiger charge is 2.25. The molecule has 0 saturated carbocycles. The van der Waals surface area contributed by atoms with Crippen LogP contribution in [0.2, 0.25) is 0 Å². The Morgan fingerprint density at radius 1 is 1.28 bits per heavy atom. The monoisotopic (exact) mass is 247 g/mol. The number of carboxylic acid groups (broad SMARTS) is 1. The first kappa shape index (κ1) is 12.9. The third-order valence-corrected chi connectivity index (χ3v) is 3.93. The topological polar surface area (TPSA) is 40.5 Å². The Kier molecular flexibility index (Phi) is 3.60. The van der Waals surface area contributed by atoms with Crippen molar-refractivity contribution in [3.8, 4) is 0 Å². The van der Waals surface area contributed by atoms with Gasteiger partial charge in [0, 0.05) is 17.8 Å². The maximum absolute atomic E-state index is 11.0. The van der Waals surface area contributed by atoms with Gasteiger partial charge < -0.3 is 10.0 Å². The molecule has 0 unspecified atom stereocenters. The van der Waals surface area contributed by atoms with E-state index in [0.717, 1.165) is 11.3 Å². The lowest BCUT2D eigenvalue weighted by Gasteiger charge is -2.41. The van der Waals surface area contributed by atoms with E-state index in [-0.39, 0.29) is 0 Å². The van der Waals surface area contributed by atoms with Crippen LogP contribution in [0, 0.1) is 6.92 Å². The molecule has 1 heterocycles. The summed E-state index contributed by atoms with van der Waals surface area (Å²) in [6, 6.07) is 6.73. The van der Waals surface area contributed by atoms with Crippen LogP contribution in [0.3, 0.4) is 0 Å². The summed E-state index contributed by atoms with van der Waals surface area (Å²) in [7, 11) is 0. The Labute approximate surface area is 108 Å². The summed E-state index contributed by atoms with van der Waals surface area (Å²) in [5.74, 6) is -0.848. The van der Waals surface area contributed by atoms with E-state index in [1.807, 2.05) is 19.1 Å². The van der Waals surface area contributed by atoms with Crippen molar-refractivity contribution in [2.75, 3.05) is 4.90 Å². The molecule has 1 aromatic rings. The van der Waals surface area contributed by atoms with Crippen molar-refractivity contribution in [2.24, 2.45) is 0 Å². The SMILES string of the molecule is Cc1cc(N2[C@H](C)CCC[C@@H]2C)ccc1C(=O)O. The predicted octanol–water partition coefficient (Wildman–Crippen LogP) is 3.46. The second-order valence-corrected chi connectivity index (χ2v) is 5.34. The van der Waals surface area contributed by atoms with Crippen molar-refractivity contribution in [1.82, 2.24) is 0 Å². The molecule has 1 aliphatic rings. The van der Waals surface area contributed by atoms with E-state index in [0.29, 0.717) is 17.6 Å². The lowest BCUT2D eigenvalue weighted by Crippen LogP contribution is -2.43. The van der Waals surface area contributed by atoms with Crippen LogP contribution in [0.1, 0.15) is 49.0 Å². The van der Waals surface area contributed by atoms with Crippen LogP contribution in [0.25, 0.3) is 0 Å². The summed E-state index contributed by atoms with van der Waals surface area (Å²) in [6.45, 7) is 6.36. The van der Waals surface area contributed by atoms with E-state index in [1.165, 1.54) is 19.3 Å². The van der Waals surface area contributed by atoms with Gasteiger partial charge in [0.05, 0.1) is 5.56 Å². The van der Waals surface area contributed by atoms with Gasteiger partial charge in [-0.05, 0) is 63.8 Å². The number of nitrogens with zero attached hydrogens (tertiary/aromatic N) is 1. The lowest BCUT2D eigenvalue weighted by molar-refractivity contribution is 0.0696. The summed E-state index contributed by atoms with van der Waals surface area (Å²) in [6.07, 6.45) is 3.71. The van der Waals surface area contributed by atoms with Crippen LogP contribution in [-0.2, 0) is 0 Å². The van der Waals surface area contributed by atoms with Crippen molar-refractivity contribution in [3.63, 3.8) is 0 Å². The van der Waals surface area contributed by atoms with Gasteiger partial charge in [0.1, 0.15) is 0 Å². The molecule has 1 fully saturated rings. The molecular formula is C15H21NO2. The molecule has 1 aliphatic heterocycles. The second kappa shape index (κ2) is 5.01. The average molecular weight is 247 g/mol. The van der Waals surface area contributed by atoms with Gasteiger partial charge in [0.15, 0.2) is 0 Å². The molecule has 2 rings (SSSR count). The molecule has 0 radical (unpaired) electrons. The van der Waals surface area contributed by atoms with Crippen molar-refractivity contribution >= 4 is 11.7 Å². The Morgan fingerprint density at radius 2 is 1.89 bits per heavy atom. The van der Waals surface area contributed by atoms with Gasteiger partial charge in [-0.15, -0.1) is 0 Å². The number of hydrogen-bond donors (Lipinski definition) is 1. The predicted molar refractivity (Wildman–Crippen MR) is 73.4 cm³/mol. The first-order valence-corrected chi connectivity index (χ1v) is 6.63.